The Bertz CT molecular complexity index is 472. The van der Waals surface area contributed by atoms with E-state index >= 15 is 0 Å². The molecule has 1 atom stereocenters. The molecule has 3 N–H and O–H groups in total. The Balaban J connectivity index is 2.10. The van der Waals surface area contributed by atoms with E-state index in [9.17, 15) is 13.6 Å². The average molecular weight is 254 g/mol. The van der Waals surface area contributed by atoms with Crippen LogP contribution in [0.1, 0.15) is 36.5 Å². The van der Waals surface area contributed by atoms with Crippen molar-refractivity contribution in [3.05, 3.63) is 29.3 Å². The molecule has 1 fully saturated rings. The van der Waals surface area contributed by atoms with E-state index in [4.69, 9.17) is 5.73 Å². The van der Waals surface area contributed by atoms with Gasteiger partial charge < -0.3 is 11.1 Å². The Kier molecular flexibility index (Phi) is 3.50. The lowest BCUT2D eigenvalue weighted by Gasteiger charge is -2.14. The van der Waals surface area contributed by atoms with E-state index < -0.39 is 23.1 Å². The van der Waals surface area contributed by atoms with Gasteiger partial charge in [0.25, 0.3) is 5.91 Å². The largest absolute Gasteiger partial charge is 0.396 e. The molecule has 0 saturated heterocycles. The molecule has 3 nitrogen and oxygen atoms in total. The van der Waals surface area contributed by atoms with Crippen LogP contribution in [0, 0.1) is 17.6 Å². The standard InChI is InChI=1S/C13H16F2N2O/c1-7(6-8-2-3-8)17-13(18)11-9(14)4-5-10(16)12(11)15/h4-5,7-8H,2-3,6,16H2,1H3,(H,17,18). The van der Waals surface area contributed by atoms with Crippen molar-refractivity contribution in [2.75, 3.05) is 5.73 Å². The highest BCUT2D eigenvalue weighted by atomic mass is 19.1. The number of nitrogens with two attached hydrogens (primary N) is 1. The lowest BCUT2D eigenvalue weighted by molar-refractivity contribution is 0.0929. The molecule has 1 saturated carbocycles. The predicted octanol–water partition coefficient (Wildman–Crippen LogP) is 2.47. The Labute approximate surface area is 104 Å². The SMILES string of the molecule is CC(CC1CC1)NC(=O)c1c(F)ccc(N)c1F. The quantitative estimate of drug-likeness (QED) is 0.811. The number of halogens is 2. The predicted molar refractivity (Wildman–Crippen MR) is 65.0 cm³/mol. The summed E-state index contributed by atoms with van der Waals surface area (Å²) in [7, 11) is 0. The number of carbonyl (C=O) groups is 1. The Morgan fingerprint density at radius 3 is 2.78 bits per heavy atom. The normalized spacial score (nSPS) is 16.4. The van der Waals surface area contributed by atoms with Crippen molar-refractivity contribution < 1.29 is 13.6 Å². The zero-order valence-corrected chi connectivity index (χ0v) is 10.2. The lowest BCUT2D eigenvalue weighted by atomic mass is 10.1. The fourth-order valence-corrected chi connectivity index (χ4v) is 1.99. The number of benzene rings is 1. The third-order valence-electron chi connectivity index (χ3n) is 3.11. The minimum atomic E-state index is -0.994. The first-order valence-electron chi connectivity index (χ1n) is 6.03. The molecular weight excluding hydrogens is 238 g/mol. The molecule has 0 aliphatic heterocycles. The summed E-state index contributed by atoms with van der Waals surface area (Å²) in [6.07, 6.45) is 3.18. The maximum absolute atomic E-state index is 13.6. The molecule has 0 radical (unpaired) electrons. The second-order valence-corrected chi connectivity index (χ2v) is 4.88. The molecule has 98 valence electrons. The zero-order valence-electron chi connectivity index (χ0n) is 10.2. The Morgan fingerprint density at radius 1 is 1.50 bits per heavy atom. The molecule has 0 heterocycles. The van der Waals surface area contributed by atoms with Crippen LogP contribution in [0.3, 0.4) is 0 Å². The van der Waals surface area contributed by atoms with Crippen LogP contribution in [-0.4, -0.2) is 11.9 Å². The molecule has 0 aromatic heterocycles. The van der Waals surface area contributed by atoms with Gasteiger partial charge >= 0.3 is 0 Å². The molecular formula is C13H16F2N2O. The van der Waals surface area contributed by atoms with E-state index in [0.717, 1.165) is 18.6 Å². The van der Waals surface area contributed by atoms with Crippen LogP contribution in [-0.2, 0) is 0 Å². The van der Waals surface area contributed by atoms with E-state index in [1.54, 1.807) is 0 Å². The molecule has 5 heteroatoms. The first-order chi connectivity index (χ1) is 8.49. The van der Waals surface area contributed by atoms with Gasteiger partial charge in [0, 0.05) is 6.04 Å². The molecule has 1 aromatic carbocycles. The number of hydrogen-bond donors (Lipinski definition) is 2. The summed E-state index contributed by atoms with van der Waals surface area (Å²) in [5.74, 6) is -2.00. The van der Waals surface area contributed by atoms with Gasteiger partial charge in [-0.25, -0.2) is 8.78 Å². The van der Waals surface area contributed by atoms with Crippen LogP contribution in [0.4, 0.5) is 14.5 Å². The maximum Gasteiger partial charge on any atom is 0.257 e. The van der Waals surface area contributed by atoms with Crippen molar-refractivity contribution in [1.82, 2.24) is 5.32 Å². The van der Waals surface area contributed by atoms with Gasteiger partial charge in [-0.1, -0.05) is 12.8 Å². The number of anilines is 1. The molecule has 18 heavy (non-hydrogen) atoms. The summed E-state index contributed by atoms with van der Waals surface area (Å²) >= 11 is 0. The number of carbonyl (C=O) groups excluding carboxylic acids is 1. The first kappa shape index (κ1) is 12.8. The van der Waals surface area contributed by atoms with Crippen LogP contribution in [0.2, 0.25) is 0 Å². The van der Waals surface area contributed by atoms with Crippen LogP contribution >= 0.6 is 0 Å². The molecule has 1 aliphatic rings. The summed E-state index contributed by atoms with van der Waals surface area (Å²) in [4.78, 5) is 11.8. The molecule has 1 aromatic rings. The lowest BCUT2D eigenvalue weighted by Crippen LogP contribution is -2.34. The highest BCUT2D eigenvalue weighted by molar-refractivity contribution is 5.95. The molecule has 0 bridgehead atoms. The summed E-state index contributed by atoms with van der Waals surface area (Å²) in [6.45, 7) is 1.83. The Morgan fingerprint density at radius 2 is 2.17 bits per heavy atom. The van der Waals surface area contributed by atoms with Gasteiger partial charge in [0.2, 0.25) is 0 Å². The smallest absolute Gasteiger partial charge is 0.257 e. The van der Waals surface area contributed by atoms with Crippen LogP contribution in [0.15, 0.2) is 12.1 Å². The van der Waals surface area contributed by atoms with Gasteiger partial charge in [-0.3, -0.25) is 4.79 Å². The van der Waals surface area contributed by atoms with Gasteiger partial charge in [0.05, 0.1) is 5.69 Å². The van der Waals surface area contributed by atoms with Crippen molar-refractivity contribution >= 4 is 11.6 Å². The van der Waals surface area contributed by atoms with E-state index in [1.807, 2.05) is 6.92 Å². The second-order valence-electron chi connectivity index (χ2n) is 4.88. The second kappa shape index (κ2) is 4.92. The van der Waals surface area contributed by atoms with Crippen molar-refractivity contribution in [3.8, 4) is 0 Å². The number of nitrogen functional groups attached to an aromatic ring is 1. The summed E-state index contributed by atoms with van der Waals surface area (Å²) in [6, 6.07) is 2.01. The molecule has 1 amide bonds. The molecule has 1 unspecified atom stereocenters. The first-order valence-corrected chi connectivity index (χ1v) is 6.03. The van der Waals surface area contributed by atoms with Crippen molar-refractivity contribution in [2.45, 2.75) is 32.2 Å². The van der Waals surface area contributed by atoms with Crippen LogP contribution in [0.5, 0.6) is 0 Å². The van der Waals surface area contributed by atoms with Crippen molar-refractivity contribution in [1.29, 1.82) is 0 Å². The summed E-state index contributed by atoms with van der Waals surface area (Å²) < 4.78 is 27.1. The fraction of sp³-hybridized carbons (Fsp3) is 0.462. The minimum Gasteiger partial charge on any atom is -0.396 e. The average Bonchev–Trinajstić information content (AvgIpc) is 3.07. The summed E-state index contributed by atoms with van der Waals surface area (Å²) in [5, 5.41) is 2.60. The van der Waals surface area contributed by atoms with E-state index in [1.165, 1.54) is 12.8 Å². The van der Waals surface area contributed by atoms with Crippen LogP contribution in [0.25, 0.3) is 0 Å². The monoisotopic (exact) mass is 254 g/mol. The van der Waals surface area contributed by atoms with E-state index in [0.29, 0.717) is 5.92 Å². The van der Waals surface area contributed by atoms with Gasteiger partial charge in [0.1, 0.15) is 11.4 Å². The molecule has 2 rings (SSSR count). The highest BCUT2D eigenvalue weighted by Crippen LogP contribution is 2.33. The molecule has 0 spiro atoms. The minimum absolute atomic E-state index is 0.0924. The van der Waals surface area contributed by atoms with Gasteiger partial charge in [-0.2, -0.15) is 0 Å². The number of nitrogens with one attached hydrogen (secondary N) is 1. The van der Waals surface area contributed by atoms with Crippen LogP contribution < -0.4 is 11.1 Å². The number of amides is 1. The third kappa shape index (κ3) is 2.78. The van der Waals surface area contributed by atoms with E-state index in [-0.39, 0.29) is 11.7 Å². The summed E-state index contributed by atoms with van der Waals surface area (Å²) in [5.41, 5.74) is 4.50. The van der Waals surface area contributed by atoms with E-state index in [2.05, 4.69) is 5.32 Å². The zero-order chi connectivity index (χ0) is 13.3. The Hall–Kier alpha value is -1.65. The fourth-order valence-electron chi connectivity index (χ4n) is 1.99. The van der Waals surface area contributed by atoms with Crippen molar-refractivity contribution in [3.63, 3.8) is 0 Å². The van der Waals surface area contributed by atoms with Crippen molar-refractivity contribution in [2.24, 2.45) is 5.92 Å². The number of hydrogen-bond acceptors (Lipinski definition) is 2. The maximum atomic E-state index is 13.6. The highest BCUT2D eigenvalue weighted by Gasteiger charge is 2.26. The van der Waals surface area contributed by atoms with Gasteiger partial charge in [0.15, 0.2) is 5.82 Å². The topological polar surface area (TPSA) is 55.1 Å². The van der Waals surface area contributed by atoms with Gasteiger partial charge in [-0.05, 0) is 31.4 Å². The third-order valence-corrected chi connectivity index (χ3v) is 3.11. The number of rotatable bonds is 4. The van der Waals surface area contributed by atoms with Gasteiger partial charge in [-0.15, -0.1) is 0 Å². The molecule has 1 aliphatic carbocycles.